The minimum absolute atomic E-state index is 0.0578. The van der Waals surface area contributed by atoms with Crippen LogP contribution in [0.4, 0.5) is 0 Å². The second-order valence-electron chi connectivity index (χ2n) is 21.9. The second-order valence-corrected chi connectivity index (χ2v) is 21.9. The van der Waals surface area contributed by atoms with E-state index in [2.05, 4.69) is 50.3 Å². The number of esters is 1. The van der Waals surface area contributed by atoms with Gasteiger partial charge in [0.2, 0.25) is 0 Å². The Hall–Kier alpha value is -1.79. The number of hydrogen-bond acceptors (Lipinski definition) is 14. The van der Waals surface area contributed by atoms with E-state index in [-0.39, 0.29) is 25.6 Å². The number of carbonyl (C=O) groups excluding carboxylic acids is 1. The molecule has 0 aromatic carbocycles. The highest BCUT2D eigenvalue weighted by Gasteiger charge is 2.47. The molecule has 0 spiro atoms. The van der Waals surface area contributed by atoms with E-state index < -0.39 is 80.7 Å². The number of aliphatic hydroxyl groups is 7. The van der Waals surface area contributed by atoms with Crippen molar-refractivity contribution in [2.24, 2.45) is 0 Å². The van der Waals surface area contributed by atoms with Gasteiger partial charge in [-0.15, -0.1) is 0 Å². The van der Waals surface area contributed by atoms with Crippen molar-refractivity contribution in [2.75, 3.05) is 33.0 Å². The maximum absolute atomic E-state index is 13.1. The average molecular weight is 1080 g/mol. The van der Waals surface area contributed by atoms with Gasteiger partial charge in [0.1, 0.15) is 54.9 Å². The van der Waals surface area contributed by atoms with Crippen LogP contribution < -0.4 is 0 Å². The molecule has 0 aromatic heterocycles. The van der Waals surface area contributed by atoms with Gasteiger partial charge >= 0.3 is 5.97 Å². The Labute approximate surface area is 461 Å². The van der Waals surface area contributed by atoms with Crippen LogP contribution in [0.15, 0.2) is 36.5 Å². The summed E-state index contributed by atoms with van der Waals surface area (Å²) in [4.78, 5) is 13.1. The Bertz CT molecular complexity index is 1400. The number of rotatable bonds is 51. The van der Waals surface area contributed by atoms with Gasteiger partial charge in [-0.25, -0.2) is 0 Å². The number of allylic oxidation sites excluding steroid dienone is 6. The molecule has 11 atom stereocenters. The van der Waals surface area contributed by atoms with Crippen molar-refractivity contribution >= 4 is 5.97 Å². The van der Waals surface area contributed by atoms with Crippen LogP contribution in [0.5, 0.6) is 0 Å². The fraction of sp³-hybridized carbons (Fsp3) is 0.887. The standard InChI is InChI=1S/C62H114O14/c1-3-5-7-9-11-13-15-17-19-21-23-25-26-27-29-31-33-35-37-39-41-43-45-54(64)74-51(48-71-46-44-42-40-38-36-34-32-30-28-24-22-20-18-16-14-12-10-8-6-4-2)49-72-61-60(70)58(68)56(66)53(76-61)50-73-62-59(69)57(67)55(65)52(47-63)75-62/h12,14,18,20,24,28,51-53,55-63,65-70H,3-11,13,15-17,19,21-23,25-27,29-50H2,1-2H3/b14-12-,20-18-,28-24-. The molecule has 14 nitrogen and oxygen atoms in total. The second kappa shape index (κ2) is 49.1. The zero-order valence-corrected chi connectivity index (χ0v) is 48.0. The third-order valence-electron chi connectivity index (χ3n) is 14.9. The zero-order valence-electron chi connectivity index (χ0n) is 48.0. The molecule has 2 heterocycles. The summed E-state index contributed by atoms with van der Waals surface area (Å²) in [5.74, 6) is -0.375. The summed E-state index contributed by atoms with van der Waals surface area (Å²) >= 11 is 0. The first kappa shape index (κ1) is 70.3. The van der Waals surface area contributed by atoms with E-state index in [0.717, 1.165) is 57.8 Å². The third-order valence-corrected chi connectivity index (χ3v) is 14.9. The quantitative estimate of drug-likeness (QED) is 0.0172. The van der Waals surface area contributed by atoms with Crippen molar-refractivity contribution in [3.05, 3.63) is 36.5 Å². The highest BCUT2D eigenvalue weighted by Crippen LogP contribution is 2.27. The molecule has 7 N–H and O–H groups in total. The van der Waals surface area contributed by atoms with Crippen LogP contribution in [0.1, 0.15) is 251 Å². The maximum Gasteiger partial charge on any atom is 0.306 e. The Balaban J connectivity index is 1.69. The van der Waals surface area contributed by atoms with Crippen LogP contribution in [0.3, 0.4) is 0 Å². The van der Waals surface area contributed by atoms with Gasteiger partial charge in [0.15, 0.2) is 12.6 Å². The van der Waals surface area contributed by atoms with Gasteiger partial charge in [-0.2, -0.15) is 0 Å². The van der Waals surface area contributed by atoms with E-state index in [0.29, 0.717) is 13.0 Å². The van der Waals surface area contributed by atoms with Crippen LogP contribution in [-0.4, -0.2) is 142 Å². The summed E-state index contributed by atoms with van der Waals surface area (Å²) in [6.07, 6.45) is 42.0. The molecule has 0 radical (unpaired) electrons. The van der Waals surface area contributed by atoms with Gasteiger partial charge in [-0.3, -0.25) is 4.79 Å². The molecule has 2 aliphatic rings. The lowest BCUT2D eigenvalue weighted by Gasteiger charge is -2.42. The number of hydrogen-bond donors (Lipinski definition) is 7. The molecule has 0 saturated carbocycles. The Morgan fingerprint density at radius 3 is 1.30 bits per heavy atom. The third kappa shape index (κ3) is 35.1. The van der Waals surface area contributed by atoms with Gasteiger partial charge in [-0.1, -0.05) is 230 Å². The summed E-state index contributed by atoms with van der Waals surface area (Å²) in [5, 5.41) is 72.4. The van der Waals surface area contributed by atoms with Crippen LogP contribution >= 0.6 is 0 Å². The van der Waals surface area contributed by atoms with E-state index in [1.807, 2.05) is 0 Å². The van der Waals surface area contributed by atoms with Crippen molar-refractivity contribution in [1.82, 2.24) is 0 Å². The smallest absolute Gasteiger partial charge is 0.306 e. The summed E-state index contributed by atoms with van der Waals surface area (Å²) < 4.78 is 34.5. The molecule has 0 aliphatic carbocycles. The maximum atomic E-state index is 13.1. The highest BCUT2D eigenvalue weighted by atomic mass is 16.7. The first-order chi connectivity index (χ1) is 37.1. The SMILES string of the molecule is CCCCC/C=C\C/C=C\C/C=C\CCCCCCCCCOCC(COC1OC(COC2OC(CO)C(O)C(O)C2O)C(O)C(O)C1O)OC(=O)CCCCCCCCCCCCCCCCCCCCCCCC. The lowest BCUT2D eigenvalue weighted by atomic mass is 9.98. The average Bonchev–Trinajstić information content (AvgIpc) is 3.42. The van der Waals surface area contributed by atoms with Gasteiger partial charge in [0.05, 0.1) is 26.4 Å². The number of ether oxygens (including phenoxy) is 6. The van der Waals surface area contributed by atoms with Crippen LogP contribution in [0.25, 0.3) is 0 Å². The minimum Gasteiger partial charge on any atom is -0.457 e. The number of unbranched alkanes of at least 4 members (excludes halogenated alkanes) is 31. The van der Waals surface area contributed by atoms with Gasteiger partial charge in [0.25, 0.3) is 0 Å². The topological polar surface area (TPSA) is 214 Å². The number of aliphatic hydroxyl groups excluding tert-OH is 7. The monoisotopic (exact) mass is 1080 g/mol. The minimum atomic E-state index is -1.71. The fourth-order valence-corrected chi connectivity index (χ4v) is 9.88. The summed E-state index contributed by atoms with van der Waals surface area (Å²) in [5.41, 5.74) is 0. The van der Waals surface area contributed by atoms with Crippen LogP contribution in [0.2, 0.25) is 0 Å². The van der Waals surface area contributed by atoms with Crippen molar-refractivity contribution in [3.8, 4) is 0 Å². The van der Waals surface area contributed by atoms with Gasteiger partial charge < -0.3 is 64.2 Å². The van der Waals surface area contributed by atoms with Crippen LogP contribution in [-0.2, 0) is 33.2 Å². The molecule has 0 bridgehead atoms. The molecule has 0 amide bonds. The molecule has 2 rings (SSSR count). The Morgan fingerprint density at radius 1 is 0.434 bits per heavy atom. The van der Waals surface area contributed by atoms with Crippen molar-refractivity contribution < 1.29 is 69.0 Å². The van der Waals surface area contributed by atoms with E-state index in [9.17, 15) is 40.5 Å². The molecular formula is C62H114O14. The van der Waals surface area contributed by atoms with E-state index in [1.54, 1.807) is 0 Å². The summed E-state index contributed by atoms with van der Waals surface area (Å²) in [7, 11) is 0. The number of carbonyl (C=O) groups is 1. The molecule has 76 heavy (non-hydrogen) atoms. The van der Waals surface area contributed by atoms with E-state index >= 15 is 0 Å². The van der Waals surface area contributed by atoms with Crippen molar-refractivity contribution in [2.45, 2.75) is 319 Å². The normalized spacial score (nSPS) is 24.6. The molecule has 14 heteroatoms. The van der Waals surface area contributed by atoms with E-state index in [4.69, 9.17) is 28.4 Å². The molecular weight excluding hydrogens is 969 g/mol. The molecule has 2 aliphatic heterocycles. The largest absolute Gasteiger partial charge is 0.457 e. The summed E-state index contributed by atoms with van der Waals surface area (Å²) in [6, 6.07) is 0. The first-order valence-corrected chi connectivity index (χ1v) is 31.1. The highest BCUT2D eigenvalue weighted by molar-refractivity contribution is 5.69. The predicted molar refractivity (Wildman–Crippen MR) is 303 cm³/mol. The lowest BCUT2D eigenvalue weighted by Crippen LogP contribution is -2.61. The molecule has 2 fully saturated rings. The van der Waals surface area contributed by atoms with E-state index in [1.165, 1.54) is 167 Å². The summed E-state index contributed by atoms with van der Waals surface area (Å²) in [6.45, 7) is 3.69. The van der Waals surface area contributed by atoms with Crippen molar-refractivity contribution in [3.63, 3.8) is 0 Å². The molecule has 11 unspecified atom stereocenters. The first-order valence-electron chi connectivity index (χ1n) is 31.1. The lowest BCUT2D eigenvalue weighted by molar-refractivity contribution is -0.332. The van der Waals surface area contributed by atoms with Crippen molar-refractivity contribution in [1.29, 1.82) is 0 Å². The molecule has 2 saturated heterocycles. The Kier molecular flexibility index (Phi) is 45.4. The predicted octanol–water partition coefficient (Wildman–Crippen LogP) is 11.7. The van der Waals surface area contributed by atoms with Gasteiger partial charge in [0, 0.05) is 13.0 Å². The molecule has 446 valence electrons. The van der Waals surface area contributed by atoms with Gasteiger partial charge in [-0.05, 0) is 51.4 Å². The fourth-order valence-electron chi connectivity index (χ4n) is 9.88. The zero-order chi connectivity index (χ0) is 55.1. The van der Waals surface area contributed by atoms with Crippen LogP contribution in [0, 0.1) is 0 Å². The molecule has 0 aromatic rings. The Morgan fingerprint density at radius 2 is 0.816 bits per heavy atom.